The number of nitrogens with zero attached hydrogens (tertiary/aromatic N) is 2. The average Bonchev–Trinajstić information content (AvgIpc) is 3.17. The minimum absolute atomic E-state index is 0.342. The molecule has 138 valence electrons. The van der Waals surface area contributed by atoms with Crippen LogP contribution in [0.25, 0.3) is 11.3 Å². The van der Waals surface area contributed by atoms with Crippen LogP contribution in [0.4, 0.5) is 0 Å². The Bertz CT molecular complexity index is 920. The molecule has 1 aliphatic rings. The van der Waals surface area contributed by atoms with Crippen molar-refractivity contribution in [1.29, 1.82) is 0 Å². The number of likely N-dealkylation sites (tertiary alicyclic amines) is 1. The van der Waals surface area contributed by atoms with Crippen LogP contribution in [0.15, 0.2) is 65.2 Å². The number of hydrogen-bond donors (Lipinski definition) is 1. The predicted octanol–water partition coefficient (Wildman–Crippen LogP) is 4.42. The van der Waals surface area contributed by atoms with Gasteiger partial charge in [0.2, 0.25) is 0 Å². The molecule has 0 bridgehead atoms. The van der Waals surface area contributed by atoms with Gasteiger partial charge >= 0.3 is 5.97 Å². The van der Waals surface area contributed by atoms with Gasteiger partial charge in [0, 0.05) is 18.2 Å². The van der Waals surface area contributed by atoms with E-state index in [0.29, 0.717) is 11.5 Å². The van der Waals surface area contributed by atoms with Crippen LogP contribution in [-0.4, -0.2) is 34.2 Å². The second kappa shape index (κ2) is 7.76. The Balaban J connectivity index is 1.44. The number of carbonyl (C=O) groups is 1. The number of rotatable bonds is 5. The Morgan fingerprint density at radius 3 is 2.81 bits per heavy atom. The smallest absolute Gasteiger partial charge is 0.335 e. The monoisotopic (exact) mass is 362 g/mol. The van der Waals surface area contributed by atoms with Crippen molar-refractivity contribution < 1.29 is 14.4 Å². The zero-order valence-corrected chi connectivity index (χ0v) is 15.0. The Kier molecular flexibility index (Phi) is 5.03. The van der Waals surface area contributed by atoms with Gasteiger partial charge < -0.3 is 9.63 Å². The van der Waals surface area contributed by atoms with Crippen molar-refractivity contribution in [2.45, 2.75) is 25.3 Å². The van der Waals surface area contributed by atoms with Crippen molar-refractivity contribution in [2.75, 3.05) is 13.1 Å². The van der Waals surface area contributed by atoms with Crippen LogP contribution in [0, 0.1) is 0 Å². The van der Waals surface area contributed by atoms with Crippen molar-refractivity contribution in [1.82, 2.24) is 10.1 Å². The van der Waals surface area contributed by atoms with Gasteiger partial charge in [-0.3, -0.25) is 4.90 Å². The first kappa shape index (κ1) is 17.5. The highest BCUT2D eigenvalue weighted by Crippen LogP contribution is 2.29. The second-order valence-corrected chi connectivity index (χ2v) is 7.05. The van der Waals surface area contributed by atoms with Crippen LogP contribution in [0.3, 0.4) is 0 Å². The molecule has 1 fully saturated rings. The molecule has 0 saturated carbocycles. The van der Waals surface area contributed by atoms with E-state index in [0.717, 1.165) is 55.1 Å². The summed E-state index contributed by atoms with van der Waals surface area (Å²) >= 11 is 0. The van der Waals surface area contributed by atoms with E-state index >= 15 is 0 Å². The molecule has 4 rings (SSSR count). The lowest BCUT2D eigenvalue weighted by Gasteiger charge is -2.32. The zero-order valence-electron chi connectivity index (χ0n) is 15.0. The number of piperidine rings is 1. The van der Waals surface area contributed by atoms with Crippen molar-refractivity contribution in [3.63, 3.8) is 0 Å². The fraction of sp³-hybridized carbons (Fsp3) is 0.273. The van der Waals surface area contributed by atoms with Crippen molar-refractivity contribution in [3.05, 3.63) is 77.6 Å². The quantitative estimate of drug-likeness (QED) is 0.728. The van der Waals surface area contributed by atoms with Gasteiger partial charge in [-0.05, 0) is 43.0 Å². The summed E-state index contributed by atoms with van der Waals surface area (Å²) in [5.74, 6) is 0.322. The summed E-state index contributed by atoms with van der Waals surface area (Å²) in [6.07, 6.45) is 2.16. The fourth-order valence-corrected chi connectivity index (χ4v) is 3.75. The molecule has 2 aromatic carbocycles. The zero-order chi connectivity index (χ0) is 18.6. The number of hydrogen-bond acceptors (Lipinski definition) is 4. The van der Waals surface area contributed by atoms with Gasteiger partial charge in [-0.1, -0.05) is 47.6 Å². The third kappa shape index (κ3) is 4.09. The van der Waals surface area contributed by atoms with Gasteiger partial charge in [0.05, 0.1) is 12.1 Å². The highest BCUT2D eigenvalue weighted by atomic mass is 16.5. The van der Waals surface area contributed by atoms with Crippen molar-refractivity contribution >= 4 is 5.97 Å². The summed E-state index contributed by atoms with van der Waals surface area (Å²) in [4.78, 5) is 13.6. The summed E-state index contributed by atoms with van der Waals surface area (Å²) in [7, 11) is 0. The molecular weight excluding hydrogens is 340 g/mol. The molecule has 0 spiro atoms. The summed E-state index contributed by atoms with van der Waals surface area (Å²) in [5, 5.41) is 13.4. The fourth-order valence-electron chi connectivity index (χ4n) is 3.75. The molecule has 1 aromatic heterocycles. The van der Waals surface area contributed by atoms with Crippen LogP contribution in [0.1, 0.15) is 40.4 Å². The highest BCUT2D eigenvalue weighted by molar-refractivity contribution is 5.87. The lowest BCUT2D eigenvalue weighted by atomic mass is 9.89. The molecule has 1 aliphatic heterocycles. The number of aromatic nitrogens is 1. The summed E-state index contributed by atoms with van der Waals surface area (Å²) < 4.78 is 5.54. The van der Waals surface area contributed by atoms with E-state index in [-0.39, 0.29) is 0 Å². The first-order chi connectivity index (χ1) is 13.2. The second-order valence-electron chi connectivity index (χ2n) is 7.05. The number of carboxylic acid groups (broad SMARTS) is 1. The maximum atomic E-state index is 11.2. The molecule has 5 heteroatoms. The first-order valence-electron chi connectivity index (χ1n) is 9.25. The van der Waals surface area contributed by atoms with Crippen molar-refractivity contribution in [3.8, 4) is 11.3 Å². The Labute approximate surface area is 158 Å². The molecule has 5 nitrogen and oxygen atoms in total. The van der Waals surface area contributed by atoms with Crippen LogP contribution in [0.5, 0.6) is 0 Å². The largest absolute Gasteiger partial charge is 0.478 e. The Morgan fingerprint density at radius 2 is 2.00 bits per heavy atom. The maximum Gasteiger partial charge on any atom is 0.335 e. The van der Waals surface area contributed by atoms with Gasteiger partial charge in [-0.15, -0.1) is 0 Å². The molecule has 0 aliphatic carbocycles. The van der Waals surface area contributed by atoms with Crippen LogP contribution >= 0.6 is 0 Å². The third-order valence-electron chi connectivity index (χ3n) is 5.12. The first-order valence-corrected chi connectivity index (χ1v) is 9.25. The molecule has 27 heavy (non-hydrogen) atoms. The van der Waals surface area contributed by atoms with Gasteiger partial charge in [0.25, 0.3) is 0 Å². The van der Waals surface area contributed by atoms with E-state index in [9.17, 15) is 9.90 Å². The van der Waals surface area contributed by atoms with Gasteiger partial charge in [0.15, 0.2) is 5.76 Å². The third-order valence-corrected chi connectivity index (χ3v) is 5.12. The lowest BCUT2D eigenvalue weighted by Crippen LogP contribution is -2.33. The lowest BCUT2D eigenvalue weighted by molar-refractivity contribution is 0.0696. The SMILES string of the molecule is O=C(O)c1cccc([C@H]2CCCN(Cc3cc(-c4ccccc4)no3)C2)c1. The van der Waals surface area contributed by atoms with Crippen LogP contribution in [0.2, 0.25) is 0 Å². The summed E-state index contributed by atoms with van der Waals surface area (Å²) in [6.45, 7) is 2.62. The molecule has 3 aromatic rings. The van der Waals surface area contributed by atoms with Gasteiger partial charge in [-0.2, -0.15) is 0 Å². The molecule has 0 amide bonds. The van der Waals surface area contributed by atoms with E-state index < -0.39 is 5.97 Å². The number of benzene rings is 2. The number of carboxylic acids is 1. The molecule has 1 saturated heterocycles. The predicted molar refractivity (Wildman–Crippen MR) is 103 cm³/mol. The Morgan fingerprint density at radius 1 is 1.15 bits per heavy atom. The standard InChI is InChI=1S/C22H22N2O3/c25-22(26)18-9-4-8-17(12-18)19-10-5-11-24(14-19)15-20-13-21(23-27-20)16-6-2-1-3-7-16/h1-4,6-9,12-13,19H,5,10-11,14-15H2,(H,25,26)/t19-/m0/s1. The molecule has 1 N–H and O–H groups in total. The van der Waals surface area contributed by atoms with E-state index in [2.05, 4.69) is 10.1 Å². The minimum atomic E-state index is -0.875. The van der Waals surface area contributed by atoms with E-state index in [1.54, 1.807) is 12.1 Å². The molecular formula is C22H22N2O3. The Hall–Kier alpha value is -2.92. The normalized spacial score (nSPS) is 17.7. The van der Waals surface area contributed by atoms with E-state index in [4.69, 9.17) is 4.52 Å². The summed E-state index contributed by atoms with van der Waals surface area (Å²) in [5.41, 5.74) is 3.36. The molecule has 0 unspecified atom stereocenters. The minimum Gasteiger partial charge on any atom is -0.478 e. The van der Waals surface area contributed by atoms with Gasteiger partial charge in [-0.25, -0.2) is 4.79 Å². The number of aromatic carboxylic acids is 1. The molecule has 0 radical (unpaired) electrons. The average molecular weight is 362 g/mol. The molecule has 1 atom stereocenters. The van der Waals surface area contributed by atoms with Gasteiger partial charge in [0.1, 0.15) is 5.69 Å². The van der Waals surface area contributed by atoms with E-state index in [1.807, 2.05) is 48.5 Å². The highest BCUT2D eigenvalue weighted by Gasteiger charge is 2.23. The maximum absolute atomic E-state index is 11.2. The topological polar surface area (TPSA) is 66.6 Å². The van der Waals surface area contributed by atoms with Crippen LogP contribution < -0.4 is 0 Å². The van der Waals surface area contributed by atoms with Crippen LogP contribution in [-0.2, 0) is 6.54 Å². The summed E-state index contributed by atoms with van der Waals surface area (Å²) in [6, 6.07) is 19.3. The molecule has 2 heterocycles. The van der Waals surface area contributed by atoms with Crippen molar-refractivity contribution in [2.24, 2.45) is 0 Å². The van der Waals surface area contributed by atoms with E-state index in [1.165, 1.54) is 0 Å².